The van der Waals surface area contributed by atoms with Crippen LogP contribution in [0.25, 0.3) is 39.0 Å². The standard InChI is InChI=1S/C48H47F2N11O6/c1-24-17-29(18-25(2)39(24)49)61-41(58-15-14-57(46(58)65)36-10-9-33-31(40(36)50)23-51-55(33)6)38-32(53-61)19-27-7-8-35(38)59(27)43(63)37-20-30-34(60(37)48(21-26(48)3)44-52-45(64)67-54-44)11-13-56(42(30)62)28-12-16-66-47(4,5)22-28/h9-11,13-15,17-18,20,23,26-28,35H,7-8,12,16,19,21-22H2,1-6H3,(H,52,54,64)/t26-,27+,28+,35-,48-/m0/s1. The van der Waals surface area contributed by atoms with E-state index in [1.807, 2.05) is 36.3 Å². The zero-order valence-electron chi connectivity index (χ0n) is 37.7. The number of halogens is 2. The smallest absolute Gasteiger partial charge is 0.375 e. The van der Waals surface area contributed by atoms with Gasteiger partial charge >= 0.3 is 11.4 Å². The van der Waals surface area contributed by atoms with E-state index in [-0.39, 0.29) is 57.9 Å². The lowest BCUT2D eigenvalue weighted by Gasteiger charge is -2.36. The van der Waals surface area contributed by atoms with E-state index in [1.54, 1.807) is 71.5 Å². The van der Waals surface area contributed by atoms with Crippen molar-refractivity contribution in [3.8, 4) is 17.2 Å². The number of hydrogen-bond acceptors (Lipinski definition) is 9. The van der Waals surface area contributed by atoms with Gasteiger partial charge in [-0.05, 0) is 113 Å². The van der Waals surface area contributed by atoms with Crippen LogP contribution >= 0.6 is 0 Å². The molecule has 2 saturated heterocycles. The van der Waals surface area contributed by atoms with Crippen molar-refractivity contribution in [2.24, 2.45) is 13.0 Å². The first kappa shape index (κ1) is 41.3. The molecule has 19 heteroatoms. The molecule has 8 aromatic rings. The number of ether oxygens (including phenoxy) is 1. The number of nitrogens with zero attached hydrogens (tertiary/aromatic N) is 10. The Bertz CT molecular complexity index is 3580. The van der Waals surface area contributed by atoms with Crippen LogP contribution in [0.2, 0.25) is 0 Å². The van der Waals surface area contributed by atoms with Gasteiger partial charge < -0.3 is 18.8 Å². The summed E-state index contributed by atoms with van der Waals surface area (Å²) in [5, 5.41) is 14.1. The minimum atomic E-state index is -1.00. The van der Waals surface area contributed by atoms with Gasteiger partial charge in [0.1, 0.15) is 22.9 Å². The Morgan fingerprint density at radius 2 is 1.66 bits per heavy atom. The molecule has 9 heterocycles. The number of aryl methyl sites for hydroxylation is 3. The normalized spacial score (nSPS) is 23.1. The Morgan fingerprint density at radius 3 is 2.37 bits per heavy atom. The average Bonchev–Trinajstić information content (AvgIpc) is 4.00. The van der Waals surface area contributed by atoms with Crippen molar-refractivity contribution < 1.29 is 22.8 Å². The molecular formula is C48H47F2N11O6. The van der Waals surface area contributed by atoms with Crippen molar-refractivity contribution in [3.05, 3.63) is 138 Å². The molecule has 2 bridgehead atoms. The van der Waals surface area contributed by atoms with Gasteiger partial charge in [0.2, 0.25) is 0 Å². The molecule has 344 valence electrons. The highest BCUT2D eigenvalue weighted by atomic mass is 19.1. The Balaban J connectivity index is 1.03. The van der Waals surface area contributed by atoms with Crippen LogP contribution in [0, 0.1) is 31.4 Å². The fourth-order valence-electron chi connectivity index (χ4n) is 11.6. The summed E-state index contributed by atoms with van der Waals surface area (Å²) >= 11 is 0. The fraction of sp³-hybridized carbons (Fsp3) is 0.396. The van der Waals surface area contributed by atoms with Crippen LogP contribution in [-0.4, -0.2) is 77.0 Å². The SMILES string of the molecule is Cc1cc(-n2nc3c(c2-n2ccn(-c4ccc5c(cnn5C)c4F)c2=O)[C@@H]2CC[C@H](C3)N2C(=O)c2cc3c(=O)n([C@@H]4CCOC(C)(C)C4)ccc3n2[C@@]2(c3noc(=O)[nH]3)C[C@@H]2C)cc(C)c1F. The minimum Gasteiger partial charge on any atom is -0.375 e. The topological polar surface area (TPSA) is 178 Å². The molecule has 12 rings (SSSR count). The number of amides is 1. The van der Waals surface area contributed by atoms with Gasteiger partial charge in [-0.15, -0.1) is 0 Å². The number of fused-ring (bicyclic) bond motifs is 6. The third-order valence-corrected chi connectivity index (χ3v) is 15.0. The first-order valence-electron chi connectivity index (χ1n) is 22.7. The van der Waals surface area contributed by atoms with Crippen LogP contribution in [-0.2, 0) is 23.7 Å². The molecule has 0 radical (unpaired) electrons. The Morgan fingerprint density at radius 1 is 0.896 bits per heavy atom. The number of benzene rings is 2. The maximum Gasteiger partial charge on any atom is 0.438 e. The van der Waals surface area contributed by atoms with E-state index in [2.05, 4.69) is 15.2 Å². The fourth-order valence-corrected chi connectivity index (χ4v) is 11.6. The second kappa shape index (κ2) is 14.2. The van der Waals surface area contributed by atoms with Gasteiger partial charge in [-0.3, -0.25) is 32.9 Å². The molecule has 3 aliphatic heterocycles. The zero-order valence-corrected chi connectivity index (χ0v) is 37.7. The van der Waals surface area contributed by atoms with Gasteiger partial charge in [0, 0.05) is 56.3 Å². The van der Waals surface area contributed by atoms with Crippen molar-refractivity contribution in [1.29, 1.82) is 0 Å². The number of hydrogen-bond donors (Lipinski definition) is 1. The summed E-state index contributed by atoms with van der Waals surface area (Å²) in [5.74, 6) is -1.56. The van der Waals surface area contributed by atoms with Crippen molar-refractivity contribution in [3.63, 3.8) is 0 Å². The number of aromatic amines is 1. The minimum absolute atomic E-state index is 0.0273. The van der Waals surface area contributed by atoms with E-state index in [1.165, 1.54) is 27.6 Å². The number of pyridine rings is 1. The summed E-state index contributed by atoms with van der Waals surface area (Å²) in [4.78, 5) is 62.3. The quantitative estimate of drug-likeness (QED) is 0.195. The second-order valence-corrected chi connectivity index (χ2v) is 19.5. The van der Waals surface area contributed by atoms with Gasteiger partial charge in [-0.25, -0.2) is 23.1 Å². The summed E-state index contributed by atoms with van der Waals surface area (Å²) in [7, 11) is 1.71. The Kier molecular flexibility index (Phi) is 8.74. The number of nitrogens with one attached hydrogen (secondary N) is 1. The Labute approximate surface area is 379 Å². The number of aromatic nitrogens is 10. The number of carbonyl (C=O) groups is 1. The lowest BCUT2D eigenvalue weighted by Crippen LogP contribution is -2.43. The molecule has 1 amide bonds. The molecular weight excluding hydrogens is 865 g/mol. The van der Waals surface area contributed by atoms with Crippen LogP contribution in [0.4, 0.5) is 8.78 Å². The first-order chi connectivity index (χ1) is 32.1. The Hall–Kier alpha value is -7.15. The second-order valence-electron chi connectivity index (χ2n) is 19.5. The third-order valence-electron chi connectivity index (χ3n) is 15.0. The molecule has 5 atom stereocenters. The molecule has 1 N–H and O–H groups in total. The highest BCUT2D eigenvalue weighted by Crippen LogP contribution is 2.56. The van der Waals surface area contributed by atoms with E-state index in [0.717, 1.165) is 0 Å². The summed E-state index contributed by atoms with van der Waals surface area (Å²) in [6.07, 6.45) is 9.52. The molecule has 2 aromatic carbocycles. The highest BCUT2D eigenvalue weighted by molar-refractivity contribution is 6.00. The van der Waals surface area contributed by atoms with Crippen molar-refractivity contribution in [2.75, 3.05) is 6.61 Å². The van der Waals surface area contributed by atoms with Crippen LogP contribution in [0.1, 0.15) is 104 Å². The molecule has 0 unspecified atom stereocenters. The predicted octanol–water partition coefficient (Wildman–Crippen LogP) is 6.20. The van der Waals surface area contributed by atoms with Crippen LogP contribution in [0.5, 0.6) is 0 Å². The van der Waals surface area contributed by atoms with Crippen LogP contribution < -0.4 is 17.0 Å². The third kappa shape index (κ3) is 5.88. The molecule has 3 fully saturated rings. The lowest BCUT2D eigenvalue weighted by molar-refractivity contribution is -0.0695. The summed E-state index contributed by atoms with van der Waals surface area (Å²) in [6, 6.07) is 9.07. The van der Waals surface area contributed by atoms with Gasteiger partial charge in [-0.1, -0.05) is 12.1 Å². The average molecular weight is 912 g/mol. The van der Waals surface area contributed by atoms with E-state index in [4.69, 9.17) is 14.4 Å². The van der Waals surface area contributed by atoms with Gasteiger partial charge in [0.15, 0.2) is 11.6 Å². The largest absolute Gasteiger partial charge is 0.438 e. The van der Waals surface area contributed by atoms with Gasteiger partial charge in [-0.2, -0.15) is 10.2 Å². The number of rotatable bonds is 7. The number of imidazole rings is 1. The number of H-pyrrole nitrogens is 1. The molecule has 4 aliphatic rings. The summed E-state index contributed by atoms with van der Waals surface area (Å²) < 4.78 is 51.8. The lowest BCUT2D eigenvalue weighted by atomic mass is 9.93. The highest BCUT2D eigenvalue weighted by Gasteiger charge is 2.60. The van der Waals surface area contributed by atoms with E-state index < -0.39 is 34.4 Å². The predicted molar refractivity (Wildman–Crippen MR) is 240 cm³/mol. The molecule has 1 aliphatic carbocycles. The van der Waals surface area contributed by atoms with Crippen molar-refractivity contribution >= 4 is 27.7 Å². The van der Waals surface area contributed by atoms with Crippen molar-refractivity contribution in [1.82, 2.24) is 52.9 Å². The van der Waals surface area contributed by atoms with E-state index in [9.17, 15) is 14.4 Å². The molecule has 6 aromatic heterocycles. The maximum absolute atomic E-state index is 16.2. The monoisotopic (exact) mass is 911 g/mol. The summed E-state index contributed by atoms with van der Waals surface area (Å²) in [5.41, 5.74) is 1.67. The molecule has 1 saturated carbocycles. The van der Waals surface area contributed by atoms with Gasteiger partial charge in [0.05, 0.1) is 56.7 Å². The van der Waals surface area contributed by atoms with Crippen molar-refractivity contribution in [2.45, 2.75) is 102 Å². The first-order valence-corrected chi connectivity index (χ1v) is 22.7. The van der Waals surface area contributed by atoms with Crippen LogP contribution in [0.3, 0.4) is 0 Å². The maximum atomic E-state index is 16.2. The van der Waals surface area contributed by atoms with Crippen LogP contribution in [0.15, 0.2) is 80.1 Å². The zero-order chi connectivity index (χ0) is 46.6. The van der Waals surface area contributed by atoms with E-state index >= 15 is 13.6 Å². The van der Waals surface area contributed by atoms with E-state index in [0.29, 0.717) is 95.4 Å². The molecule has 67 heavy (non-hydrogen) atoms. The van der Waals surface area contributed by atoms with Gasteiger partial charge in [0.25, 0.3) is 11.5 Å². The number of carbonyl (C=O) groups excluding carboxylic acids is 1. The molecule has 17 nitrogen and oxygen atoms in total. The summed E-state index contributed by atoms with van der Waals surface area (Å²) in [6.45, 7) is 9.85. The molecule has 0 spiro atoms.